The van der Waals surface area contributed by atoms with E-state index in [0.717, 1.165) is 21.4 Å². The number of hydrogen-bond donors (Lipinski definition) is 0. The van der Waals surface area contributed by atoms with Crippen LogP contribution < -0.4 is 0 Å². The maximum atomic E-state index is 5.89. The third-order valence-corrected chi connectivity index (χ3v) is 3.51. The summed E-state index contributed by atoms with van der Waals surface area (Å²) in [7, 11) is 0. The summed E-state index contributed by atoms with van der Waals surface area (Å²) in [6.45, 7) is 0.723. The molecule has 2 heterocycles. The quantitative estimate of drug-likeness (QED) is 0.395. The fourth-order valence-corrected chi connectivity index (χ4v) is 2.70. The Balaban J connectivity index is 2.08. The molecular formula is C12H8ClIN4. The molecule has 0 N–H and O–H groups in total. The molecule has 0 bridgehead atoms. The maximum absolute atomic E-state index is 5.89. The first kappa shape index (κ1) is 11.9. The van der Waals surface area contributed by atoms with E-state index in [2.05, 4.69) is 49.7 Å². The summed E-state index contributed by atoms with van der Waals surface area (Å²) in [6, 6.07) is 10.2. The van der Waals surface area contributed by atoms with Crippen LogP contribution >= 0.6 is 34.2 Å². The molecule has 0 saturated carbocycles. The van der Waals surface area contributed by atoms with Crippen LogP contribution in [0, 0.1) is 3.70 Å². The lowest BCUT2D eigenvalue weighted by Crippen LogP contribution is -2.00. The Labute approximate surface area is 122 Å². The third-order valence-electron chi connectivity index (χ3n) is 2.59. The number of fused-ring (bicyclic) bond motifs is 1. The van der Waals surface area contributed by atoms with Crippen LogP contribution in [-0.2, 0) is 6.54 Å². The lowest BCUT2D eigenvalue weighted by molar-refractivity contribution is 0.813. The van der Waals surface area contributed by atoms with Crippen molar-refractivity contribution in [3.05, 3.63) is 51.2 Å². The minimum Gasteiger partial charge on any atom is -0.311 e. The van der Waals surface area contributed by atoms with Crippen LogP contribution in [0.4, 0.5) is 0 Å². The smallest absolute Gasteiger partial charge is 0.225 e. The van der Waals surface area contributed by atoms with Gasteiger partial charge in [-0.3, -0.25) is 0 Å². The lowest BCUT2D eigenvalue weighted by Gasteiger charge is -2.03. The normalized spacial score (nSPS) is 11.0. The second-order valence-corrected chi connectivity index (χ2v) is 5.17. The van der Waals surface area contributed by atoms with Crippen molar-refractivity contribution < 1.29 is 0 Å². The van der Waals surface area contributed by atoms with E-state index in [1.165, 1.54) is 5.56 Å². The number of halogens is 2. The van der Waals surface area contributed by atoms with E-state index in [1.807, 2.05) is 22.8 Å². The summed E-state index contributed by atoms with van der Waals surface area (Å²) < 4.78 is 2.75. The van der Waals surface area contributed by atoms with Crippen molar-refractivity contribution >= 4 is 45.4 Å². The maximum Gasteiger partial charge on any atom is 0.225 e. The van der Waals surface area contributed by atoms with Crippen LogP contribution in [0.5, 0.6) is 0 Å². The highest BCUT2D eigenvalue weighted by atomic mass is 127. The molecule has 0 saturated heterocycles. The van der Waals surface area contributed by atoms with Crippen LogP contribution in [0.25, 0.3) is 11.2 Å². The SMILES string of the molecule is Clc1nc(I)c2ncn(Cc3ccccc3)c2n1. The molecule has 4 nitrogen and oxygen atoms in total. The number of imidazole rings is 1. The van der Waals surface area contributed by atoms with Crippen molar-refractivity contribution in [3.8, 4) is 0 Å². The number of nitrogens with zero attached hydrogens (tertiary/aromatic N) is 4. The van der Waals surface area contributed by atoms with Crippen LogP contribution in [0.2, 0.25) is 5.28 Å². The van der Waals surface area contributed by atoms with E-state index < -0.39 is 0 Å². The first-order chi connectivity index (χ1) is 8.74. The molecule has 6 heteroatoms. The highest BCUT2D eigenvalue weighted by molar-refractivity contribution is 14.1. The van der Waals surface area contributed by atoms with Gasteiger partial charge in [0, 0.05) is 0 Å². The zero-order valence-corrected chi connectivity index (χ0v) is 12.1. The highest BCUT2D eigenvalue weighted by Gasteiger charge is 2.10. The van der Waals surface area contributed by atoms with Crippen molar-refractivity contribution in [3.63, 3.8) is 0 Å². The van der Waals surface area contributed by atoms with Gasteiger partial charge >= 0.3 is 0 Å². The minimum atomic E-state index is 0.252. The van der Waals surface area contributed by atoms with E-state index in [4.69, 9.17) is 11.6 Å². The van der Waals surface area contributed by atoms with Gasteiger partial charge < -0.3 is 4.57 Å². The zero-order valence-electron chi connectivity index (χ0n) is 9.22. The van der Waals surface area contributed by atoms with E-state index in [0.29, 0.717) is 0 Å². The Morgan fingerprint density at radius 1 is 1.17 bits per heavy atom. The van der Waals surface area contributed by atoms with Gasteiger partial charge in [-0.05, 0) is 39.8 Å². The Morgan fingerprint density at radius 3 is 2.72 bits per heavy atom. The molecule has 0 spiro atoms. The summed E-state index contributed by atoms with van der Waals surface area (Å²) in [5.41, 5.74) is 2.75. The second-order valence-electron chi connectivity index (χ2n) is 3.81. The second kappa shape index (κ2) is 4.81. The molecule has 0 aliphatic carbocycles. The molecule has 0 radical (unpaired) electrons. The van der Waals surface area contributed by atoms with E-state index >= 15 is 0 Å². The molecular weight excluding hydrogens is 363 g/mol. The minimum absolute atomic E-state index is 0.252. The van der Waals surface area contributed by atoms with Gasteiger partial charge in [-0.1, -0.05) is 30.3 Å². The number of benzene rings is 1. The average Bonchev–Trinajstić information content (AvgIpc) is 2.74. The third kappa shape index (κ3) is 2.20. The fraction of sp³-hybridized carbons (Fsp3) is 0.0833. The standard InChI is InChI=1S/C12H8ClIN4/c13-12-16-10(14)9-11(17-12)18(7-15-9)6-8-4-2-1-3-5-8/h1-5,7H,6H2. The van der Waals surface area contributed by atoms with Gasteiger partial charge in [0.05, 0.1) is 12.9 Å². The van der Waals surface area contributed by atoms with Gasteiger partial charge in [-0.2, -0.15) is 4.98 Å². The number of rotatable bonds is 2. The predicted molar refractivity (Wildman–Crippen MR) is 78.6 cm³/mol. The molecule has 3 aromatic rings. The van der Waals surface area contributed by atoms with Gasteiger partial charge in [0.1, 0.15) is 9.22 Å². The van der Waals surface area contributed by atoms with Gasteiger partial charge in [0.25, 0.3) is 0 Å². The number of aromatic nitrogens is 4. The Morgan fingerprint density at radius 2 is 1.94 bits per heavy atom. The summed E-state index contributed by atoms with van der Waals surface area (Å²) in [5.74, 6) is 0. The monoisotopic (exact) mass is 370 g/mol. The highest BCUT2D eigenvalue weighted by Crippen LogP contribution is 2.19. The number of hydrogen-bond acceptors (Lipinski definition) is 3. The molecule has 3 rings (SSSR count). The first-order valence-electron chi connectivity index (χ1n) is 5.32. The molecule has 90 valence electrons. The van der Waals surface area contributed by atoms with Gasteiger partial charge in [0.15, 0.2) is 5.65 Å². The fourth-order valence-electron chi connectivity index (χ4n) is 1.78. The summed E-state index contributed by atoms with van der Waals surface area (Å²) in [5, 5.41) is 0.252. The van der Waals surface area contributed by atoms with Crippen molar-refractivity contribution in [2.24, 2.45) is 0 Å². The summed E-state index contributed by atoms with van der Waals surface area (Å²) >= 11 is 8.00. The van der Waals surface area contributed by atoms with Crippen LogP contribution in [0.15, 0.2) is 36.7 Å². The first-order valence-corrected chi connectivity index (χ1v) is 6.77. The molecule has 1 aromatic carbocycles. The molecule has 0 aliphatic heterocycles. The van der Waals surface area contributed by atoms with E-state index in [1.54, 1.807) is 6.33 Å². The van der Waals surface area contributed by atoms with E-state index in [9.17, 15) is 0 Å². The molecule has 0 amide bonds. The zero-order chi connectivity index (χ0) is 12.5. The van der Waals surface area contributed by atoms with E-state index in [-0.39, 0.29) is 5.28 Å². The molecule has 0 unspecified atom stereocenters. The summed E-state index contributed by atoms with van der Waals surface area (Å²) in [6.07, 6.45) is 1.77. The summed E-state index contributed by atoms with van der Waals surface area (Å²) in [4.78, 5) is 12.7. The molecule has 18 heavy (non-hydrogen) atoms. The van der Waals surface area contributed by atoms with Crippen molar-refractivity contribution in [2.75, 3.05) is 0 Å². The average molecular weight is 371 g/mol. The topological polar surface area (TPSA) is 43.6 Å². The molecule has 0 atom stereocenters. The van der Waals surface area contributed by atoms with Gasteiger partial charge in [-0.15, -0.1) is 0 Å². The predicted octanol–water partition coefficient (Wildman–Crippen LogP) is 3.13. The Bertz CT molecular complexity index is 696. The molecule has 0 aliphatic rings. The largest absolute Gasteiger partial charge is 0.311 e. The van der Waals surface area contributed by atoms with Crippen LogP contribution in [0.3, 0.4) is 0 Å². The molecule has 0 fully saturated rings. The van der Waals surface area contributed by atoms with Gasteiger partial charge in [-0.25, -0.2) is 9.97 Å². The van der Waals surface area contributed by atoms with Crippen LogP contribution in [0.1, 0.15) is 5.56 Å². The van der Waals surface area contributed by atoms with Gasteiger partial charge in [0.2, 0.25) is 5.28 Å². The Hall–Kier alpha value is -1.21. The van der Waals surface area contributed by atoms with Crippen molar-refractivity contribution in [1.82, 2.24) is 19.5 Å². The van der Waals surface area contributed by atoms with Crippen LogP contribution in [-0.4, -0.2) is 19.5 Å². The Kier molecular flexibility index (Phi) is 3.17. The lowest BCUT2D eigenvalue weighted by atomic mass is 10.2. The molecule has 2 aromatic heterocycles. The van der Waals surface area contributed by atoms with Crippen molar-refractivity contribution in [2.45, 2.75) is 6.54 Å². The van der Waals surface area contributed by atoms with Crippen molar-refractivity contribution in [1.29, 1.82) is 0 Å².